The van der Waals surface area contributed by atoms with Crippen molar-refractivity contribution in [2.24, 2.45) is 0 Å². The maximum Gasteiger partial charge on any atom is 0.294 e. The molecule has 1 aliphatic heterocycles. The van der Waals surface area contributed by atoms with Gasteiger partial charge in [-0.25, -0.2) is 4.39 Å². The molecule has 1 atom stereocenters. The van der Waals surface area contributed by atoms with Crippen LogP contribution in [-0.2, 0) is 4.79 Å². The minimum absolute atomic E-state index is 0.0337. The van der Waals surface area contributed by atoms with E-state index in [2.05, 4.69) is 0 Å². The van der Waals surface area contributed by atoms with Crippen molar-refractivity contribution in [3.63, 3.8) is 0 Å². The number of hydrogen-bond donors (Lipinski definition) is 1. The van der Waals surface area contributed by atoms with Crippen LogP contribution in [0.3, 0.4) is 0 Å². The third-order valence-corrected chi connectivity index (χ3v) is 6.32. The van der Waals surface area contributed by atoms with Crippen molar-refractivity contribution in [3.05, 3.63) is 124 Å². The summed E-state index contributed by atoms with van der Waals surface area (Å²) in [6, 6.07) is 24.0. The number of benzene rings is 3. The predicted octanol–water partition coefficient (Wildman–Crippen LogP) is 6.46. The number of aliphatic hydroxyl groups is 1. The summed E-state index contributed by atoms with van der Waals surface area (Å²) in [7, 11) is 0. The van der Waals surface area contributed by atoms with Gasteiger partial charge in [-0.3, -0.25) is 14.5 Å². The van der Waals surface area contributed by atoms with Gasteiger partial charge in [0.2, 0.25) is 5.78 Å². The molecule has 1 aliphatic rings. The van der Waals surface area contributed by atoms with E-state index in [0.29, 0.717) is 27.6 Å². The molecule has 34 heavy (non-hydrogen) atoms. The summed E-state index contributed by atoms with van der Waals surface area (Å²) in [6.07, 6.45) is 0. The molecule has 1 unspecified atom stereocenters. The van der Waals surface area contributed by atoms with E-state index in [1.807, 2.05) is 30.3 Å². The van der Waals surface area contributed by atoms with E-state index in [1.165, 1.54) is 40.5 Å². The number of halogens is 1. The predicted molar refractivity (Wildman–Crippen MR) is 128 cm³/mol. The lowest BCUT2D eigenvalue weighted by Crippen LogP contribution is -2.31. The Morgan fingerprint density at radius 1 is 0.912 bits per heavy atom. The van der Waals surface area contributed by atoms with Gasteiger partial charge in [0, 0.05) is 5.69 Å². The van der Waals surface area contributed by atoms with Crippen molar-refractivity contribution in [2.75, 3.05) is 4.90 Å². The number of ether oxygens (including phenoxy) is 1. The zero-order chi connectivity index (χ0) is 23.7. The molecule has 0 bridgehead atoms. The van der Waals surface area contributed by atoms with Gasteiger partial charge in [0.05, 0.1) is 16.5 Å². The van der Waals surface area contributed by atoms with Crippen LogP contribution in [0, 0.1) is 5.82 Å². The number of ketones is 1. The Morgan fingerprint density at radius 2 is 1.65 bits per heavy atom. The number of hydrogen-bond acceptors (Lipinski definition) is 5. The van der Waals surface area contributed by atoms with Crippen LogP contribution in [0.15, 0.2) is 108 Å². The third-order valence-electron chi connectivity index (χ3n) is 5.46. The summed E-state index contributed by atoms with van der Waals surface area (Å²) < 4.78 is 19.5. The second-order valence-electron chi connectivity index (χ2n) is 7.61. The van der Waals surface area contributed by atoms with Crippen LogP contribution in [0.1, 0.15) is 21.3 Å². The molecule has 0 fully saturated rings. The van der Waals surface area contributed by atoms with Crippen molar-refractivity contribution in [2.45, 2.75) is 6.04 Å². The van der Waals surface area contributed by atoms with Crippen molar-refractivity contribution in [3.8, 4) is 11.5 Å². The molecule has 4 aromatic rings. The largest absolute Gasteiger partial charge is 0.503 e. The fourth-order valence-corrected chi connectivity index (χ4v) is 4.61. The number of aliphatic hydroxyl groups excluding tert-OH is 1. The van der Waals surface area contributed by atoms with Gasteiger partial charge < -0.3 is 9.84 Å². The van der Waals surface area contributed by atoms with Gasteiger partial charge in [0.15, 0.2) is 5.76 Å². The zero-order valence-corrected chi connectivity index (χ0v) is 18.5. The quantitative estimate of drug-likeness (QED) is 0.328. The Bertz CT molecular complexity index is 1380. The summed E-state index contributed by atoms with van der Waals surface area (Å²) in [5, 5.41) is 12.6. The number of Topliss-reactive ketones (excluding diaryl/α,β-unsaturated/α-hetero) is 1. The number of nitrogens with zero attached hydrogens (tertiary/aromatic N) is 1. The maximum absolute atomic E-state index is 13.6. The summed E-state index contributed by atoms with van der Waals surface area (Å²) in [5.74, 6) is -1.12. The Morgan fingerprint density at radius 3 is 2.35 bits per heavy atom. The first-order chi connectivity index (χ1) is 16.5. The number of para-hydroxylation sites is 1. The van der Waals surface area contributed by atoms with Crippen molar-refractivity contribution >= 4 is 28.7 Å². The first kappa shape index (κ1) is 21.6. The molecule has 0 saturated carbocycles. The molecule has 1 amide bonds. The molecule has 0 saturated heterocycles. The van der Waals surface area contributed by atoms with E-state index in [9.17, 15) is 19.1 Å². The molecule has 0 radical (unpaired) electrons. The second-order valence-corrected chi connectivity index (χ2v) is 8.56. The highest BCUT2D eigenvalue weighted by molar-refractivity contribution is 7.12. The number of rotatable bonds is 6. The number of anilines is 1. The molecule has 5 nitrogen and oxygen atoms in total. The molecule has 1 aromatic heterocycles. The topological polar surface area (TPSA) is 66.8 Å². The van der Waals surface area contributed by atoms with Gasteiger partial charge in [-0.1, -0.05) is 36.4 Å². The number of carbonyl (C=O) groups is 2. The van der Waals surface area contributed by atoms with Crippen LogP contribution >= 0.6 is 11.3 Å². The van der Waals surface area contributed by atoms with Gasteiger partial charge in [-0.2, -0.15) is 0 Å². The maximum atomic E-state index is 13.6. The molecular weight excluding hydrogens is 453 g/mol. The Kier molecular flexibility index (Phi) is 5.69. The summed E-state index contributed by atoms with van der Waals surface area (Å²) in [4.78, 5) is 28.3. The van der Waals surface area contributed by atoms with Crippen LogP contribution in [0.25, 0.3) is 0 Å². The summed E-state index contributed by atoms with van der Waals surface area (Å²) in [5.41, 5.74) is 0.884. The van der Waals surface area contributed by atoms with Crippen molar-refractivity contribution in [1.82, 2.24) is 0 Å². The highest BCUT2D eigenvalue weighted by atomic mass is 32.1. The van der Waals surface area contributed by atoms with E-state index in [0.717, 1.165) is 0 Å². The van der Waals surface area contributed by atoms with Crippen LogP contribution in [-0.4, -0.2) is 16.8 Å². The summed E-state index contributed by atoms with van der Waals surface area (Å²) in [6.45, 7) is 0. The highest BCUT2D eigenvalue weighted by Crippen LogP contribution is 2.43. The molecule has 0 spiro atoms. The van der Waals surface area contributed by atoms with Gasteiger partial charge in [0.25, 0.3) is 5.91 Å². The molecule has 5 rings (SSSR count). The molecule has 7 heteroatoms. The molecule has 1 N–H and O–H groups in total. The average molecular weight is 472 g/mol. The van der Waals surface area contributed by atoms with Gasteiger partial charge >= 0.3 is 0 Å². The van der Waals surface area contributed by atoms with E-state index in [1.54, 1.807) is 41.8 Å². The fraction of sp³-hybridized carbons (Fsp3) is 0.0370. The SMILES string of the molecule is O=C(C1=C(O)C(=O)N(c2ccc(F)cc2)C1c1cccc(Oc2ccccc2)c1)c1cccs1. The van der Waals surface area contributed by atoms with Crippen LogP contribution in [0.4, 0.5) is 10.1 Å². The van der Waals surface area contributed by atoms with Crippen molar-refractivity contribution < 1.29 is 23.8 Å². The fourth-order valence-electron chi connectivity index (χ4n) is 3.93. The van der Waals surface area contributed by atoms with Gasteiger partial charge in [-0.15, -0.1) is 11.3 Å². The molecule has 2 heterocycles. The molecular formula is C27H18FNO4S. The highest BCUT2D eigenvalue weighted by Gasteiger charge is 2.45. The standard InChI is InChI=1S/C27H18FNO4S/c28-18-11-13-19(14-12-18)29-24(23(26(31)27(29)32)25(30)22-10-5-15-34-22)17-6-4-9-21(16-17)33-20-7-2-1-3-8-20/h1-16,24,31H. The van der Waals surface area contributed by atoms with Crippen molar-refractivity contribution in [1.29, 1.82) is 0 Å². The van der Waals surface area contributed by atoms with Gasteiger partial charge in [0.1, 0.15) is 17.3 Å². The lowest BCUT2D eigenvalue weighted by atomic mass is 9.95. The second kappa shape index (κ2) is 8.96. The number of amides is 1. The van der Waals surface area contributed by atoms with Gasteiger partial charge in [-0.05, 0) is 65.5 Å². The first-order valence-electron chi connectivity index (χ1n) is 10.5. The van der Waals surface area contributed by atoms with E-state index in [-0.39, 0.29) is 5.57 Å². The molecule has 3 aromatic carbocycles. The minimum Gasteiger partial charge on any atom is -0.503 e. The smallest absolute Gasteiger partial charge is 0.294 e. The normalized spacial score (nSPS) is 15.6. The average Bonchev–Trinajstić information content (AvgIpc) is 3.48. The van der Waals surface area contributed by atoms with Crippen LogP contribution in [0.2, 0.25) is 0 Å². The molecule has 0 aliphatic carbocycles. The van der Waals surface area contributed by atoms with E-state index >= 15 is 0 Å². The Labute approximate surface area is 199 Å². The molecule has 168 valence electrons. The zero-order valence-electron chi connectivity index (χ0n) is 17.7. The first-order valence-corrected chi connectivity index (χ1v) is 11.3. The van der Waals surface area contributed by atoms with E-state index < -0.39 is 29.3 Å². The summed E-state index contributed by atoms with van der Waals surface area (Å²) >= 11 is 1.22. The van der Waals surface area contributed by atoms with Crippen LogP contribution < -0.4 is 9.64 Å². The Hall–Kier alpha value is -4.23. The monoisotopic (exact) mass is 471 g/mol. The number of thiophene rings is 1. The lowest BCUT2D eigenvalue weighted by molar-refractivity contribution is -0.117. The Balaban J connectivity index is 1.61. The van der Waals surface area contributed by atoms with Crippen LogP contribution in [0.5, 0.6) is 11.5 Å². The van der Waals surface area contributed by atoms with E-state index in [4.69, 9.17) is 4.74 Å². The minimum atomic E-state index is -0.924. The third kappa shape index (κ3) is 3.97. The lowest BCUT2D eigenvalue weighted by Gasteiger charge is -2.27. The number of carbonyl (C=O) groups excluding carboxylic acids is 2.